The Morgan fingerprint density at radius 1 is 1.73 bits per heavy atom. The van der Waals surface area contributed by atoms with Crippen molar-refractivity contribution < 1.29 is 4.39 Å². The average molecular weight is 194 g/mol. The van der Waals surface area contributed by atoms with Crippen LogP contribution >= 0.6 is 22.9 Å². The molecule has 0 saturated carbocycles. The van der Waals surface area contributed by atoms with Gasteiger partial charge in [-0.25, -0.2) is 4.39 Å². The molecule has 1 atom stereocenters. The van der Waals surface area contributed by atoms with Crippen LogP contribution in [0.25, 0.3) is 0 Å². The molecule has 1 heterocycles. The number of hydrogen-bond acceptors (Lipinski definition) is 2. The summed E-state index contributed by atoms with van der Waals surface area (Å²) in [6, 6.07) is 3.34. The zero-order valence-corrected chi connectivity index (χ0v) is 7.68. The summed E-state index contributed by atoms with van der Waals surface area (Å²) in [5.41, 5.74) is 3.80. The van der Waals surface area contributed by atoms with Gasteiger partial charge in [-0.1, -0.05) is 11.6 Å². The second-order valence-electron chi connectivity index (χ2n) is 2.51. The van der Waals surface area contributed by atoms with E-state index in [1.165, 1.54) is 18.3 Å². The molecule has 0 amide bonds. The minimum atomic E-state index is -1.43. The zero-order chi connectivity index (χ0) is 8.48. The summed E-state index contributed by atoms with van der Waals surface area (Å²) in [5.74, 6) is 0. The van der Waals surface area contributed by atoms with Crippen molar-refractivity contribution in [2.45, 2.75) is 12.6 Å². The first-order valence-electron chi connectivity index (χ1n) is 3.21. The first-order chi connectivity index (χ1) is 5.06. The fourth-order valence-electron chi connectivity index (χ4n) is 0.695. The van der Waals surface area contributed by atoms with E-state index in [1.807, 2.05) is 0 Å². The van der Waals surface area contributed by atoms with Crippen molar-refractivity contribution in [3.8, 4) is 0 Å². The third-order valence-corrected chi connectivity index (χ3v) is 2.94. The van der Waals surface area contributed by atoms with Crippen LogP contribution in [0.3, 0.4) is 0 Å². The Morgan fingerprint density at radius 3 is 2.73 bits per heavy atom. The molecule has 0 saturated heterocycles. The normalized spacial score (nSPS) is 16.4. The molecule has 1 nitrogen and oxygen atoms in total. The summed E-state index contributed by atoms with van der Waals surface area (Å²) in [7, 11) is 0. The number of nitrogens with two attached hydrogens (primary N) is 1. The molecule has 62 valence electrons. The fraction of sp³-hybridized carbons (Fsp3) is 0.429. The van der Waals surface area contributed by atoms with E-state index in [4.69, 9.17) is 17.3 Å². The number of alkyl halides is 1. The van der Waals surface area contributed by atoms with Crippen molar-refractivity contribution >= 4 is 22.9 Å². The highest BCUT2D eigenvalue weighted by molar-refractivity contribution is 7.16. The van der Waals surface area contributed by atoms with E-state index < -0.39 is 5.67 Å². The highest BCUT2D eigenvalue weighted by Crippen LogP contribution is 2.32. The van der Waals surface area contributed by atoms with E-state index in [9.17, 15) is 4.39 Å². The molecule has 1 unspecified atom stereocenters. The molecule has 0 bridgehead atoms. The van der Waals surface area contributed by atoms with Gasteiger partial charge in [0.2, 0.25) is 0 Å². The summed E-state index contributed by atoms with van der Waals surface area (Å²) < 4.78 is 14.0. The maximum atomic E-state index is 13.4. The highest BCUT2D eigenvalue weighted by atomic mass is 35.5. The second kappa shape index (κ2) is 3.09. The van der Waals surface area contributed by atoms with Crippen LogP contribution in [-0.4, -0.2) is 6.54 Å². The Bertz CT molecular complexity index is 246. The maximum absolute atomic E-state index is 13.4. The Kier molecular flexibility index (Phi) is 2.52. The molecule has 0 fully saturated rings. The third-order valence-electron chi connectivity index (χ3n) is 1.47. The molecule has 0 aromatic carbocycles. The van der Waals surface area contributed by atoms with Gasteiger partial charge in [0.15, 0.2) is 5.67 Å². The summed E-state index contributed by atoms with van der Waals surface area (Å²) in [6.45, 7) is 1.44. The molecule has 1 aromatic rings. The highest BCUT2D eigenvalue weighted by Gasteiger charge is 2.25. The molecule has 0 aliphatic rings. The van der Waals surface area contributed by atoms with Crippen LogP contribution in [0.15, 0.2) is 12.1 Å². The minimum absolute atomic E-state index is 0.0101. The summed E-state index contributed by atoms with van der Waals surface area (Å²) in [5, 5.41) is 0. The largest absolute Gasteiger partial charge is 0.327 e. The lowest BCUT2D eigenvalue weighted by Crippen LogP contribution is -2.25. The van der Waals surface area contributed by atoms with Crippen molar-refractivity contribution in [2.75, 3.05) is 6.54 Å². The van der Waals surface area contributed by atoms with E-state index >= 15 is 0 Å². The van der Waals surface area contributed by atoms with Gasteiger partial charge >= 0.3 is 0 Å². The van der Waals surface area contributed by atoms with Crippen LogP contribution in [-0.2, 0) is 5.67 Å². The van der Waals surface area contributed by atoms with E-state index in [-0.39, 0.29) is 6.54 Å². The summed E-state index contributed by atoms with van der Waals surface area (Å²) >= 11 is 6.86. The van der Waals surface area contributed by atoms with Gasteiger partial charge in [0.25, 0.3) is 0 Å². The van der Waals surface area contributed by atoms with Gasteiger partial charge in [-0.3, -0.25) is 0 Å². The lowest BCUT2D eigenvalue weighted by atomic mass is 10.1. The Hall–Kier alpha value is -0.120. The Labute approximate surface area is 74.0 Å². The first-order valence-corrected chi connectivity index (χ1v) is 4.40. The molecule has 2 N–H and O–H groups in total. The van der Waals surface area contributed by atoms with Gasteiger partial charge < -0.3 is 5.73 Å². The lowest BCUT2D eigenvalue weighted by molar-refractivity contribution is 0.209. The van der Waals surface area contributed by atoms with E-state index in [0.29, 0.717) is 9.21 Å². The van der Waals surface area contributed by atoms with E-state index in [0.717, 1.165) is 0 Å². The number of hydrogen-bond donors (Lipinski definition) is 1. The molecule has 1 rings (SSSR count). The van der Waals surface area contributed by atoms with Gasteiger partial charge in [-0.2, -0.15) is 0 Å². The van der Waals surface area contributed by atoms with Crippen molar-refractivity contribution in [1.29, 1.82) is 0 Å². The Morgan fingerprint density at radius 2 is 2.36 bits per heavy atom. The van der Waals surface area contributed by atoms with Gasteiger partial charge in [-0.05, 0) is 19.1 Å². The SMILES string of the molecule is CC(F)(CN)c1ccc(Cl)s1. The van der Waals surface area contributed by atoms with Gasteiger partial charge in [-0.15, -0.1) is 11.3 Å². The molecule has 0 aliphatic carbocycles. The standard InChI is InChI=1S/C7H9ClFNS/c1-7(9,4-10)5-2-3-6(8)11-5/h2-3H,4,10H2,1H3. The van der Waals surface area contributed by atoms with Crippen molar-refractivity contribution in [3.63, 3.8) is 0 Å². The van der Waals surface area contributed by atoms with Crippen LogP contribution in [0.1, 0.15) is 11.8 Å². The van der Waals surface area contributed by atoms with Crippen LogP contribution in [0.4, 0.5) is 4.39 Å². The molecule has 1 aromatic heterocycles. The molecule has 0 radical (unpaired) electrons. The monoisotopic (exact) mass is 193 g/mol. The quantitative estimate of drug-likeness (QED) is 0.768. The fourth-order valence-corrected chi connectivity index (χ4v) is 1.79. The van der Waals surface area contributed by atoms with E-state index in [1.54, 1.807) is 12.1 Å². The van der Waals surface area contributed by atoms with Crippen LogP contribution in [0.2, 0.25) is 4.34 Å². The van der Waals surface area contributed by atoms with Gasteiger partial charge in [0.1, 0.15) is 0 Å². The predicted molar refractivity (Wildman–Crippen MR) is 46.8 cm³/mol. The maximum Gasteiger partial charge on any atom is 0.154 e. The summed E-state index contributed by atoms with van der Waals surface area (Å²) in [6.07, 6.45) is 0. The molecular formula is C7H9ClFNS. The third kappa shape index (κ3) is 1.92. The Balaban J connectivity index is 2.92. The van der Waals surface area contributed by atoms with Crippen molar-refractivity contribution in [3.05, 3.63) is 21.3 Å². The number of thiophene rings is 1. The minimum Gasteiger partial charge on any atom is -0.327 e. The summed E-state index contributed by atoms with van der Waals surface area (Å²) in [4.78, 5) is 0.588. The number of rotatable bonds is 2. The average Bonchev–Trinajstić information content (AvgIpc) is 2.36. The van der Waals surface area contributed by atoms with Crippen LogP contribution in [0.5, 0.6) is 0 Å². The van der Waals surface area contributed by atoms with Crippen LogP contribution in [0, 0.1) is 0 Å². The second-order valence-corrected chi connectivity index (χ2v) is 4.22. The van der Waals surface area contributed by atoms with Gasteiger partial charge in [0.05, 0.1) is 4.34 Å². The van der Waals surface area contributed by atoms with E-state index in [2.05, 4.69) is 0 Å². The molecule has 4 heteroatoms. The molecule has 0 aliphatic heterocycles. The smallest absolute Gasteiger partial charge is 0.154 e. The number of halogens is 2. The molecule has 11 heavy (non-hydrogen) atoms. The molecular weight excluding hydrogens is 185 g/mol. The topological polar surface area (TPSA) is 26.0 Å². The zero-order valence-electron chi connectivity index (χ0n) is 6.10. The lowest BCUT2D eigenvalue weighted by Gasteiger charge is -2.14. The predicted octanol–water partition coefficient (Wildman–Crippen LogP) is 2.54. The first kappa shape index (κ1) is 8.97. The molecule has 0 spiro atoms. The van der Waals surface area contributed by atoms with Gasteiger partial charge in [0, 0.05) is 11.4 Å². The van der Waals surface area contributed by atoms with Crippen molar-refractivity contribution in [1.82, 2.24) is 0 Å². The van der Waals surface area contributed by atoms with Crippen molar-refractivity contribution in [2.24, 2.45) is 5.73 Å². The van der Waals surface area contributed by atoms with Crippen LogP contribution < -0.4 is 5.73 Å².